The number of carbonyl (C=O) groups excluding carboxylic acids is 1. The van der Waals surface area contributed by atoms with Crippen LogP contribution < -0.4 is 11.1 Å². The van der Waals surface area contributed by atoms with E-state index in [2.05, 4.69) is 21.2 Å². The number of nitrogens with two attached hydrogens (primary N) is 1. The lowest BCUT2D eigenvalue weighted by Crippen LogP contribution is -2.28. The lowest BCUT2D eigenvalue weighted by atomic mass is 9.99. The number of hydrogen-bond acceptors (Lipinski definition) is 3. The Kier molecular flexibility index (Phi) is 6.10. The van der Waals surface area contributed by atoms with Crippen molar-refractivity contribution in [2.45, 2.75) is 19.8 Å². The number of carbonyl (C=O) groups is 1. The molecule has 0 aliphatic carbocycles. The fourth-order valence-electron chi connectivity index (χ4n) is 2.05. The van der Waals surface area contributed by atoms with Crippen molar-refractivity contribution >= 4 is 45.6 Å². The lowest BCUT2D eigenvalue weighted by Gasteiger charge is -2.22. The first-order valence-electron chi connectivity index (χ1n) is 6.02. The molecule has 3 N–H and O–H groups in total. The molecule has 0 aromatic heterocycles. The number of amides is 1. The lowest BCUT2D eigenvalue weighted by molar-refractivity contribution is -0.122. The van der Waals surface area contributed by atoms with Crippen molar-refractivity contribution in [1.82, 2.24) is 0 Å². The molecule has 0 saturated carbocycles. The average molecular weight is 350 g/mol. The topological polar surface area (TPSA) is 64.3 Å². The monoisotopic (exact) mass is 348 g/mol. The number of nitrogen functional groups attached to an aromatic ring is 1. The van der Waals surface area contributed by atoms with Gasteiger partial charge in [0.05, 0.1) is 11.4 Å². The predicted octanol–water partition coefficient (Wildman–Crippen LogP) is 3.13. The molecular formula is C13H18BrClN2O2. The summed E-state index contributed by atoms with van der Waals surface area (Å²) in [7, 11) is 0. The minimum absolute atomic E-state index is 0. The van der Waals surface area contributed by atoms with Gasteiger partial charge in [-0.1, -0.05) is 15.9 Å². The first kappa shape index (κ1) is 16.3. The second-order valence-corrected chi connectivity index (χ2v) is 5.48. The van der Waals surface area contributed by atoms with E-state index in [1.54, 1.807) is 0 Å². The molecule has 0 spiro atoms. The van der Waals surface area contributed by atoms with Gasteiger partial charge in [-0.2, -0.15) is 0 Å². The zero-order chi connectivity index (χ0) is 13.1. The standard InChI is InChI=1S/C13H17BrN2O2.ClH/c1-8-6-10(14)7-11(12(8)15)16-13(17)9-2-4-18-5-3-9;/h6-7,9H,2-5,15H2,1H3,(H,16,17);1H. The highest BCUT2D eigenvalue weighted by Crippen LogP contribution is 2.28. The Morgan fingerprint density at radius 2 is 2.05 bits per heavy atom. The van der Waals surface area contributed by atoms with Crippen molar-refractivity contribution in [2.75, 3.05) is 24.3 Å². The minimum Gasteiger partial charge on any atom is -0.397 e. The summed E-state index contributed by atoms with van der Waals surface area (Å²) in [6, 6.07) is 3.76. The van der Waals surface area contributed by atoms with Crippen LogP contribution in [0.1, 0.15) is 18.4 Å². The second kappa shape index (κ2) is 7.12. The number of ether oxygens (including phenoxy) is 1. The molecule has 19 heavy (non-hydrogen) atoms. The summed E-state index contributed by atoms with van der Waals surface area (Å²) in [5, 5.41) is 2.91. The zero-order valence-electron chi connectivity index (χ0n) is 10.7. The van der Waals surface area contributed by atoms with E-state index in [0.717, 1.165) is 22.9 Å². The molecule has 2 rings (SSSR count). The number of anilines is 2. The molecule has 1 aliphatic heterocycles. The van der Waals surface area contributed by atoms with Gasteiger partial charge in [-0.25, -0.2) is 0 Å². The van der Waals surface area contributed by atoms with Crippen LogP contribution in [0.2, 0.25) is 0 Å². The van der Waals surface area contributed by atoms with Crippen LogP contribution in [0.4, 0.5) is 11.4 Å². The van der Waals surface area contributed by atoms with Gasteiger partial charge in [-0.05, 0) is 37.5 Å². The Morgan fingerprint density at radius 3 is 2.68 bits per heavy atom. The molecule has 106 valence electrons. The van der Waals surface area contributed by atoms with Crippen molar-refractivity contribution in [2.24, 2.45) is 5.92 Å². The van der Waals surface area contributed by atoms with Gasteiger partial charge in [0.15, 0.2) is 0 Å². The van der Waals surface area contributed by atoms with Crippen molar-refractivity contribution in [3.63, 3.8) is 0 Å². The van der Waals surface area contributed by atoms with E-state index in [4.69, 9.17) is 10.5 Å². The zero-order valence-corrected chi connectivity index (χ0v) is 13.1. The smallest absolute Gasteiger partial charge is 0.227 e. The van der Waals surface area contributed by atoms with Crippen molar-refractivity contribution in [1.29, 1.82) is 0 Å². The van der Waals surface area contributed by atoms with Crippen LogP contribution in [-0.4, -0.2) is 19.1 Å². The molecular weight excluding hydrogens is 332 g/mol. The Balaban J connectivity index is 0.00000180. The molecule has 1 amide bonds. The van der Waals surface area contributed by atoms with Crippen LogP contribution in [0.15, 0.2) is 16.6 Å². The maximum absolute atomic E-state index is 12.1. The SMILES string of the molecule is Cc1cc(Br)cc(NC(=O)C2CCOCC2)c1N.Cl. The minimum atomic E-state index is 0. The molecule has 1 aromatic rings. The van der Waals surface area contributed by atoms with Crippen LogP contribution >= 0.6 is 28.3 Å². The quantitative estimate of drug-likeness (QED) is 0.806. The summed E-state index contributed by atoms with van der Waals surface area (Å²) < 4.78 is 6.16. The second-order valence-electron chi connectivity index (χ2n) is 4.56. The summed E-state index contributed by atoms with van der Waals surface area (Å²) in [5.74, 6) is 0.0555. The first-order chi connectivity index (χ1) is 8.58. The molecule has 1 fully saturated rings. The van der Waals surface area contributed by atoms with E-state index < -0.39 is 0 Å². The van der Waals surface area contributed by atoms with E-state index in [1.165, 1.54) is 0 Å². The molecule has 1 aromatic carbocycles. The number of halogens is 2. The van der Waals surface area contributed by atoms with Crippen molar-refractivity contribution in [3.8, 4) is 0 Å². The number of nitrogens with one attached hydrogen (secondary N) is 1. The molecule has 0 atom stereocenters. The van der Waals surface area contributed by atoms with Gasteiger partial charge < -0.3 is 15.8 Å². The highest BCUT2D eigenvalue weighted by molar-refractivity contribution is 9.10. The molecule has 0 unspecified atom stereocenters. The largest absolute Gasteiger partial charge is 0.397 e. The van der Waals surface area contributed by atoms with Crippen LogP contribution in [0.3, 0.4) is 0 Å². The predicted molar refractivity (Wildman–Crippen MR) is 82.7 cm³/mol. The van der Waals surface area contributed by atoms with Crippen LogP contribution in [-0.2, 0) is 9.53 Å². The van der Waals surface area contributed by atoms with Gasteiger partial charge >= 0.3 is 0 Å². The van der Waals surface area contributed by atoms with Crippen LogP contribution in [0.5, 0.6) is 0 Å². The Hall–Kier alpha value is -0.780. The number of rotatable bonds is 2. The van der Waals surface area contributed by atoms with Crippen molar-refractivity contribution in [3.05, 3.63) is 22.2 Å². The number of aryl methyl sites for hydroxylation is 1. The molecule has 6 heteroatoms. The third-order valence-electron chi connectivity index (χ3n) is 3.20. The van der Waals surface area contributed by atoms with Gasteiger partial charge in [0.2, 0.25) is 5.91 Å². The fraction of sp³-hybridized carbons (Fsp3) is 0.462. The van der Waals surface area contributed by atoms with E-state index in [0.29, 0.717) is 24.6 Å². The van der Waals surface area contributed by atoms with Crippen LogP contribution in [0, 0.1) is 12.8 Å². The maximum Gasteiger partial charge on any atom is 0.227 e. The number of benzene rings is 1. The molecule has 1 aliphatic rings. The van der Waals surface area contributed by atoms with Gasteiger partial charge in [-0.15, -0.1) is 12.4 Å². The fourth-order valence-corrected chi connectivity index (χ4v) is 2.62. The van der Waals surface area contributed by atoms with Gasteiger partial charge in [0.25, 0.3) is 0 Å². The highest BCUT2D eigenvalue weighted by atomic mass is 79.9. The Bertz CT molecular complexity index is 462. The van der Waals surface area contributed by atoms with Gasteiger partial charge in [0.1, 0.15) is 0 Å². The summed E-state index contributed by atoms with van der Waals surface area (Å²) in [6.07, 6.45) is 1.55. The van der Waals surface area contributed by atoms with Gasteiger partial charge in [-0.3, -0.25) is 4.79 Å². The van der Waals surface area contributed by atoms with E-state index >= 15 is 0 Å². The summed E-state index contributed by atoms with van der Waals surface area (Å²) in [6.45, 7) is 3.24. The van der Waals surface area contributed by atoms with Crippen molar-refractivity contribution < 1.29 is 9.53 Å². The maximum atomic E-state index is 12.1. The van der Waals surface area contributed by atoms with E-state index in [1.807, 2.05) is 19.1 Å². The van der Waals surface area contributed by atoms with E-state index in [9.17, 15) is 4.79 Å². The normalized spacial score (nSPS) is 15.7. The average Bonchev–Trinajstić information content (AvgIpc) is 2.36. The molecule has 0 radical (unpaired) electrons. The van der Waals surface area contributed by atoms with E-state index in [-0.39, 0.29) is 24.2 Å². The molecule has 1 saturated heterocycles. The summed E-state index contributed by atoms with van der Waals surface area (Å²) >= 11 is 3.41. The highest BCUT2D eigenvalue weighted by Gasteiger charge is 2.22. The summed E-state index contributed by atoms with van der Waals surface area (Å²) in [5.41, 5.74) is 8.22. The first-order valence-corrected chi connectivity index (χ1v) is 6.81. The summed E-state index contributed by atoms with van der Waals surface area (Å²) in [4.78, 5) is 12.1. The number of hydrogen-bond donors (Lipinski definition) is 2. The molecule has 4 nitrogen and oxygen atoms in total. The third-order valence-corrected chi connectivity index (χ3v) is 3.66. The molecule has 0 bridgehead atoms. The Morgan fingerprint density at radius 1 is 1.42 bits per heavy atom. The van der Waals surface area contributed by atoms with Crippen LogP contribution in [0.25, 0.3) is 0 Å². The Labute approximate surface area is 127 Å². The third kappa shape index (κ3) is 4.09. The molecule has 1 heterocycles. The van der Waals surface area contributed by atoms with Gasteiger partial charge in [0, 0.05) is 23.6 Å².